The fraction of sp³-hybridized carbons (Fsp3) is 0.333. The van der Waals surface area contributed by atoms with Crippen LogP contribution in [0.2, 0.25) is 0 Å². The van der Waals surface area contributed by atoms with E-state index in [0.29, 0.717) is 22.7 Å². The smallest absolute Gasteiger partial charge is 0.311 e. The molecule has 7 nitrogen and oxygen atoms in total. The summed E-state index contributed by atoms with van der Waals surface area (Å²) in [6, 6.07) is 4.72. The molecule has 0 spiro atoms. The average Bonchev–Trinajstić information content (AvgIpc) is 2.79. The molecule has 1 N–H and O–H groups in total. The molecule has 0 unspecified atom stereocenters. The van der Waals surface area contributed by atoms with Crippen LogP contribution in [0.15, 0.2) is 18.2 Å². The van der Waals surface area contributed by atoms with Crippen LogP contribution < -0.4 is 4.74 Å². The van der Waals surface area contributed by atoms with E-state index in [9.17, 15) is 10.1 Å². The van der Waals surface area contributed by atoms with Crippen LogP contribution in [-0.4, -0.2) is 26.8 Å². The molecule has 0 saturated heterocycles. The van der Waals surface area contributed by atoms with Crippen LogP contribution in [0.5, 0.6) is 5.75 Å². The number of ether oxygens (including phenoxy) is 1. The van der Waals surface area contributed by atoms with Gasteiger partial charge in [0.2, 0.25) is 5.75 Å². The number of H-pyrrole nitrogens is 1. The summed E-state index contributed by atoms with van der Waals surface area (Å²) in [4.78, 5) is 10.6. The zero-order valence-corrected chi connectivity index (χ0v) is 11.9. The highest BCUT2D eigenvalue weighted by Crippen LogP contribution is 2.36. The van der Waals surface area contributed by atoms with Crippen LogP contribution in [0, 0.1) is 14.9 Å². The summed E-state index contributed by atoms with van der Waals surface area (Å²) < 4.78 is 7.48. The number of nitro benzene ring substituents is 1. The Morgan fingerprint density at radius 3 is 2.90 bits per heavy atom. The van der Waals surface area contributed by atoms with Crippen LogP contribution in [0.1, 0.15) is 13.3 Å². The molecular weight excluding hydrogens is 280 g/mol. The summed E-state index contributed by atoms with van der Waals surface area (Å²) in [5.74, 6) is 0.723. The Hall–Kier alpha value is -2.22. The molecule has 106 valence electrons. The van der Waals surface area contributed by atoms with E-state index in [-0.39, 0.29) is 11.4 Å². The lowest BCUT2D eigenvalue weighted by molar-refractivity contribution is -0.385. The van der Waals surface area contributed by atoms with Gasteiger partial charge in [-0.05, 0) is 24.7 Å². The van der Waals surface area contributed by atoms with E-state index >= 15 is 0 Å². The molecule has 0 aliphatic heterocycles. The number of aromatic amines is 1. The summed E-state index contributed by atoms with van der Waals surface area (Å²) in [5.41, 5.74) is 0.449. The molecule has 2 aromatic rings. The van der Waals surface area contributed by atoms with Crippen molar-refractivity contribution in [2.75, 3.05) is 7.11 Å². The van der Waals surface area contributed by atoms with Crippen molar-refractivity contribution < 1.29 is 9.66 Å². The van der Waals surface area contributed by atoms with Gasteiger partial charge in [0.05, 0.1) is 17.6 Å². The predicted molar refractivity (Wildman–Crippen MR) is 76.3 cm³/mol. The maximum atomic E-state index is 11.0. The van der Waals surface area contributed by atoms with Gasteiger partial charge in [0, 0.05) is 12.6 Å². The quantitative estimate of drug-likeness (QED) is 0.520. The lowest BCUT2D eigenvalue weighted by Gasteiger charge is -2.09. The molecule has 20 heavy (non-hydrogen) atoms. The monoisotopic (exact) mass is 294 g/mol. The molecular formula is C12H14N4O3S. The van der Waals surface area contributed by atoms with Crippen molar-refractivity contribution in [2.24, 2.45) is 0 Å². The van der Waals surface area contributed by atoms with Crippen molar-refractivity contribution in [2.45, 2.75) is 19.9 Å². The normalized spacial score (nSPS) is 10.5. The highest BCUT2D eigenvalue weighted by Gasteiger charge is 2.22. The lowest BCUT2D eigenvalue weighted by Crippen LogP contribution is -2.02. The lowest BCUT2D eigenvalue weighted by atomic mass is 10.1. The third-order valence-electron chi connectivity index (χ3n) is 2.84. The molecule has 1 heterocycles. The minimum absolute atomic E-state index is 0.0954. The molecule has 0 radical (unpaired) electrons. The number of rotatable bonds is 5. The number of hydrogen-bond donors (Lipinski definition) is 1. The molecule has 0 fully saturated rings. The van der Waals surface area contributed by atoms with E-state index in [2.05, 4.69) is 10.2 Å². The SMILES string of the molecule is CCCn1c(-c2cccc([N+](=O)[O-])c2OC)n[nH]c1=S. The van der Waals surface area contributed by atoms with Gasteiger partial charge in [0.1, 0.15) is 0 Å². The Kier molecular flexibility index (Phi) is 4.14. The average molecular weight is 294 g/mol. The fourth-order valence-electron chi connectivity index (χ4n) is 2.01. The van der Waals surface area contributed by atoms with Crippen molar-refractivity contribution in [3.63, 3.8) is 0 Å². The molecule has 0 aliphatic carbocycles. The van der Waals surface area contributed by atoms with Gasteiger partial charge in [-0.25, -0.2) is 0 Å². The first-order chi connectivity index (χ1) is 9.60. The Morgan fingerprint density at radius 1 is 1.55 bits per heavy atom. The number of hydrogen-bond acceptors (Lipinski definition) is 5. The van der Waals surface area contributed by atoms with Crippen LogP contribution in [0.3, 0.4) is 0 Å². The van der Waals surface area contributed by atoms with Gasteiger partial charge in [0.25, 0.3) is 0 Å². The molecule has 0 bridgehead atoms. The second-order valence-electron chi connectivity index (χ2n) is 4.12. The standard InChI is InChI=1S/C12H14N4O3S/c1-3-7-15-11(13-14-12(15)20)8-5-4-6-9(16(17)18)10(8)19-2/h4-6H,3,7H2,1-2H3,(H,14,20). The van der Waals surface area contributed by atoms with Gasteiger partial charge in [-0.2, -0.15) is 5.10 Å². The van der Waals surface area contributed by atoms with E-state index in [1.165, 1.54) is 13.2 Å². The molecule has 2 rings (SSSR count). The number of nitrogens with zero attached hydrogens (tertiary/aromatic N) is 3. The second kappa shape index (κ2) is 5.83. The van der Waals surface area contributed by atoms with E-state index in [1.54, 1.807) is 16.7 Å². The number of methoxy groups -OCH3 is 1. The van der Waals surface area contributed by atoms with Crippen LogP contribution in [0.4, 0.5) is 5.69 Å². The maximum absolute atomic E-state index is 11.0. The summed E-state index contributed by atoms with van der Waals surface area (Å²) in [5, 5.41) is 17.9. The Bertz CT molecular complexity index is 692. The molecule has 0 amide bonds. The summed E-state index contributed by atoms with van der Waals surface area (Å²) in [6.45, 7) is 2.69. The first-order valence-corrected chi connectivity index (χ1v) is 6.48. The largest absolute Gasteiger partial charge is 0.490 e. The maximum Gasteiger partial charge on any atom is 0.311 e. The van der Waals surface area contributed by atoms with Crippen molar-refractivity contribution in [3.8, 4) is 17.1 Å². The van der Waals surface area contributed by atoms with Gasteiger partial charge in [0.15, 0.2) is 10.6 Å². The molecule has 8 heteroatoms. The van der Waals surface area contributed by atoms with Crippen molar-refractivity contribution >= 4 is 17.9 Å². The summed E-state index contributed by atoms with van der Waals surface area (Å²) in [6.07, 6.45) is 0.873. The highest BCUT2D eigenvalue weighted by molar-refractivity contribution is 7.71. The van der Waals surface area contributed by atoms with Gasteiger partial charge < -0.3 is 9.30 Å². The molecule has 0 atom stereocenters. The van der Waals surface area contributed by atoms with Crippen LogP contribution in [-0.2, 0) is 6.54 Å². The molecule has 0 aliphatic rings. The van der Waals surface area contributed by atoms with Crippen molar-refractivity contribution in [3.05, 3.63) is 33.1 Å². The number of para-hydroxylation sites is 1. The Labute approximate surface area is 120 Å². The van der Waals surface area contributed by atoms with Gasteiger partial charge in [-0.1, -0.05) is 13.0 Å². The van der Waals surface area contributed by atoms with Gasteiger partial charge >= 0.3 is 5.69 Å². The molecule has 1 aromatic carbocycles. The minimum atomic E-state index is -0.478. The van der Waals surface area contributed by atoms with Crippen LogP contribution in [0.25, 0.3) is 11.4 Å². The summed E-state index contributed by atoms with van der Waals surface area (Å²) in [7, 11) is 1.40. The number of nitrogens with one attached hydrogen (secondary N) is 1. The first-order valence-electron chi connectivity index (χ1n) is 6.07. The van der Waals surface area contributed by atoms with Crippen LogP contribution >= 0.6 is 12.2 Å². The number of nitro groups is 1. The fourth-order valence-corrected chi connectivity index (χ4v) is 2.24. The third-order valence-corrected chi connectivity index (χ3v) is 3.15. The van der Waals surface area contributed by atoms with Crippen molar-refractivity contribution in [1.29, 1.82) is 0 Å². The van der Waals surface area contributed by atoms with Crippen molar-refractivity contribution in [1.82, 2.24) is 14.8 Å². The summed E-state index contributed by atoms with van der Waals surface area (Å²) >= 11 is 5.17. The van der Waals surface area contributed by atoms with E-state index in [1.807, 2.05) is 6.92 Å². The first kappa shape index (κ1) is 14.2. The zero-order valence-electron chi connectivity index (χ0n) is 11.1. The van der Waals surface area contributed by atoms with E-state index < -0.39 is 4.92 Å². The zero-order chi connectivity index (χ0) is 14.7. The Balaban J connectivity index is 2.67. The minimum Gasteiger partial charge on any atom is -0.490 e. The third kappa shape index (κ3) is 2.42. The van der Waals surface area contributed by atoms with E-state index in [4.69, 9.17) is 17.0 Å². The van der Waals surface area contributed by atoms with E-state index in [0.717, 1.165) is 6.42 Å². The Morgan fingerprint density at radius 2 is 2.30 bits per heavy atom. The van der Waals surface area contributed by atoms with Gasteiger partial charge in [-0.3, -0.25) is 15.2 Å². The number of aromatic nitrogens is 3. The molecule has 1 aromatic heterocycles. The second-order valence-corrected chi connectivity index (χ2v) is 4.51. The highest BCUT2D eigenvalue weighted by atomic mass is 32.1. The predicted octanol–water partition coefficient (Wildman–Crippen LogP) is 2.93. The molecule has 0 saturated carbocycles. The number of benzene rings is 1. The topological polar surface area (TPSA) is 86.0 Å². The van der Waals surface area contributed by atoms with Gasteiger partial charge in [-0.15, -0.1) is 0 Å².